The highest BCUT2D eigenvalue weighted by molar-refractivity contribution is 5.42. The molecule has 6 heteroatoms. The van der Waals surface area contributed by atoms with Crippen LogP contribution in [0.2, 0.25) is 0 Å². The second-order valence-electron chi connectivity index (χ2n) is 6.44. The number of aryl methyl sites for hydroxylation is 2. The Morgan fingerprint density at radius 3 is 2.72 bits per heavy atom. The van der Waals surface area contributed by atoms with Crippen LogP contribution in [0.15, 0.2) is 30.3 Å². The normalized spacial score (nSPS) is 15.1. The van der Waals surface area contributed by atoms with E-state index in [0.717, 1.165) is 57.4 Å². The van der Waals surface area contributed by atoms with Crippen molar-refractivity contribution in [3.8, 4) is 0 Å². The maximum Gasteiger partial charge on any atom is 0.225 e. The van der Waals surface area contributed by atoms with Gasteiger partial charge in [-0.05, 0) is 19.4 Å². The maximum absolute atomic E-state index is 5.38. The van der Waals surface area contributed by atoms with Gasteiger partial charge in [0.2, 0.25) is 5.95 Å². The summed E-state index contributed by atoms with van der Waals surface area (Å²) in [5.41, 5.74) is 3.44. The Balaban J connectivity index is 1.52. The molecule has 0 radical (unpaired) electrons. The van der Waals surface area contributed by atoms with Crippen LogP contribution in [0.4, 0.5) is 11.8 Å². The van der Waals surface area contributed by atoms with Gasteiger partial charge in [-0.15, -0.1) is 0 Å². The van der Waals surface area contributed by atoms with Gasteiger partial charge in [-0.3, -0.25) is 4.90 Å². The van der Waals surface area contributed by atoms with Gasteiger partial charge in [-0.2, -0.15) is 4.98 Å². The molecule has 25 heavy (non-hydrogen) atoms. The summed E-state index contributed by atoms with van der Waals surface area (Å²) in [6.07, 6.45) is 0. The van der Waals surface area contributed by atoms with E-state index in [-0.39, 0.29) is 0 Å². The number of ether oxygens (including phenoxy) is 1. The van der Waals surface area contributed by atoms with Crippen molar-refractivity contribution in [2.45, 2.75) is 20.4 Å². The molecule has 0 spiro atoms. The number of hydrogen-bond donors (Lipinski definition) is 2. The van der Waals surface area contributed by atoms with Gasteiger partial charge in [-0.1, -0.05) is 29.8 Å². The molecular formula is C19H27N5O. The van der Waals surface area contributed by atoms with Gasteiger partial charge in [-0.25, -0.2) is 4.98 Å². The second-order valence-corrected chi connectivity index (χ2v) is 6.44. The quantitative estimate of drug-likeness (QED) is 0.807. The summed E-state index contributed by atoms with van der Waals surface area (Å²) in [6, 6.07) is 10.4. The fourth-order valence-electron chi connectivity index (χ4n) is 2.91. The molecule has 6 nitrogen and oxygen atoms in total. The van der Waals surface area contributed by atoms with Gasteiger partial charge in [0.15, 0.2) is 0 Å². The highest BCUT2D eigenvalue weighted by Gasteiger charge is 2.09. The zero-order chi connectivity index (χ0) is 17.5. The SMILES string of the molecule is Cc1cccc(CNc2nc(C)cc(NCCN3CCOCC3)n2)c1. The van der Waals surface area contributed by atoms with Crippen LogP contribution in [-0.4, -0.2) is 54.3 Å². The topological polar surface area (TPSA) is 62.3 Å². The van der Waals surface area contributed by atoms with E-state index >= 15 is 0 Å². The lowest BCUT2D eigenvalue weighted by atomic mass is 10.1. The third-order valence-electron chi connectivity index (χ3n) is 4.23. The van der Waals surface area contributed by atoms with Crippen LogP contribution in [0, 0.1) is 13.8 Å². The highest BCUT2D eigenvalue weighted by atomic mass is 16.5. The van der Waals surface area contributed by atoms with Crippen LogP contribution in [0.1, 0.15) is 16.8 Å². The van der Waals surface area contributed by atoms with Crippen molar-refractivity contribution < 1.29 is 4.74 Å². The Bertz CT molecular complexity index is 685. The predicted molar refractivity (Wildman–Crippen MR) is 101 cm³/mol. The van der Waals surface area contributed by atoms with Crippen LogP contribution >= 0.6 is 0 Å². The summed E-state index contributed by atoms with van der Waals surface area (Å²) in [5.74, 6) is 1.53. The Morgan fingerprint density at radius 1 is 1.08 bits per heavy atom. The number of morpholine rings is 1. The molecule has 1 aromatic carbocycles. The minimum absolute atomic E-state index is 0.662. The number of aromatic nitrogens is 2. The molecule has 1 aliphatic heterocycles. The Labute approximate surface area is 149 Å². The van der Waals surface area contributed by atoms with E-state index in [4.69, 9.17) is 4.74 Å². The van der Waals surface area contributed by atoms with E-state index in [1.54, 1.807) is 0 Å². The predicted octanol–water partition coefficient (Wildman–Crippen LogP) is 2.45. The van der Waals surface area contributed by atoms with Crippen molar-refractivity contribution >= 4 is 11.8 Å². The van der Waals surface area contributed by atoms with Crippen molar-refractivity contribution in [3.63, 3.8) is 0 Å². The zero-order valence-electron chi connectivity index (χ0n) is 15.1. The minimum Gasteiger partial charge on any atom is -0.379 e. The highest BCUT2D eigenvalue weighted by Crippen LogP contribution is 2.11. The van der Waals surface area contributed by atoms with Crippen molar-refractivity contribution in [1.82, 2.24) is 14.9 Å². The third kappa shape index (κ3) is 5.69. The third-order valence-corrected chi connectivity index (χ3v) is 4.23. The molecule has 0 saturated carbocycles. The number of anilines is 2. The van der Waals surface area contributed by atoms with Crippen molar-refractivity contribution in [3.05, 3.63) is 47.2 Å². The minimum atomic E-state index is 0.662. The van der Waals surface area contributed by atoms with Crippen molar-refractivity contribution in [2.75, 3.05) is 50.0 Å². The molecule has 0 atom stereocenters. The molecule has 2 N–H and O–H groups in total. The number of nitrogens with one attached hydrogen (secondary N) is 2. The lowest BCUT2D eigenvalue weighted by molar-refractivity contribution is 0.0398. The van der Waals surface area contributed by atoms with Crippen LogP contribution in [0.3, 0.4) is 0 Å². The van der Waals surface area contributed by atoms with E-state index in [2.05, 4.69) is 56.7 Å². The smallest absolute Gasteiger partial charge is 0.225 e. The monoisotopic (exact) mass is 341 g/mol. The van der Waals surface area contributed by atoms with Gasteiger partial charge in [0, 0.05) is 44.5 Å². The first-order valence-corrected chi connectivity index (χ1v) is 8.88. The van der Waals surface area contributed by atoms with E-state index < -0.39 is 0 Å². The number of benzene rings is 1. The van der Waals surface area contributed by atoms with Crippen molar-refractivity contribution in [2.24, 2.45) is 0 Å². The molecular weight excluding hydrogens is 314 g/mol. The molecule has 1 aliphatic rings. The molecule has 0 amide bonds. The molecule has 1 saturated heterocycles. The number of rotatable bonds is 7. The first-order chi connectivity index (χ1) is 12.2. The van der Waals surface area contributed by atoms with E-state index in [0.29, 0.717) is 5.95 Å². The van der Waals surface area contributed by atoms with Crippen molar-refractivity contribution in [1.29, 1.82) is 0 Å². The summed E-state index contributed by atoms with van der Waals surface area (Å²) in [7, 11) is 0. The van der Waals surface area contributed by atoms with Crippen LogP contribution in [0.25, 0.3) is 0 Å². The van der Waals surface area contributed by atoms with Gasteiger partial charge in [0.1, 0.15) is 5.82 Å². The van der Waals surface area contributed by atoms with Gasteiger partial charge < -0.3 is 15.4 Å². The average Bonchev–Trinajstić information content (AvgIpc) is 2.61. The van der Waals surface area contributed by atoms with Crippen LogP contribution in [-0.2, 0) is 11.3 Å². The lowest BCUT2D eigenvalue weighted by Crippen LogP contribution is -2.39. The first-order valence-electron chi connectivity index (χ1n) is 8.88. The fourth-order valence-corrected chi connectivity index (χ4v) is 2.91. The molecule has 134 valence electrons. The standard InChI is InChI=1S/C19H27N5O/c1-15-4-3-5-17(12-15)14-21-19-22-16(2)13-18(23-19)20-6-7-24-8-10-25-11-9-24/h3-5,12-13H,6-11,14H2,1-2H3,(H2,20,21,22,23). The first kappa shape index (κ1) is 17.6. The van der Waals surface area contributed by atoms with E-state index in [1.807, 2.05) is 13.0 Å². The molecule has 0 bridgehead atoms. The van der Waals surface area contributed by atoms with Gasteiger partial charge in [0.25, 0.3) is 0 Å². The van der Waals surface area contributed by atoms with Crippen LogP contribution < -0.4 is 10.6 Å². The van der Waals surface area contributed by atoms with Crippen LogP contribution in [0.5, 0.6) is 0 Å². The number of hydrogen-bond acceptors (Lipinski definition) is 6. The Hall–Kier alpha value is -2.18. The summed E-state index contributed by atoms with van der Waals surface area (Å²) in [5, 5.41) is 6.73. The molecule has 1 aromatic heterocycles. The van der Waals surface area contributed by atoms with Gasteiger partial charge in [0.05, 0.1) is 13.2 Å². The lowest BCUT2D eigenvalue weighted by Gasteiger charge is -2.26. The van der Waals surface area contributed by atoms with E-state index in [9.17, 15) is 0 Å². The molecule has 0 unspecified atom stereocenters. The molecule has 2 heterocycles. The Kier molecular flexibility index (Phi) is 6.19. The van der Waals surface area contributed by atoms with E-state index in [1.165, 1.54) is 11.1 Å². The summed E-state index contributed by atoms with van der Waals surface area (Å²) >= 11 is 0. The Morgan fingerprint density at radius 2 is 1.92 bits per heavy atom. The summed E-state index contributed by atoms with van der Waals surface area (Å²) in [6.45, 7) is 10.4. The molecule has 3 rings (SSSR count). The average molecular weight is 341 g/mol. The fraction of sp³-hybridized carbons (Fsp3) is 0.474. The maximum atomic E-state index is 5.38. The second kappa shape index (κ2) is 8.78. The molecule has 0 aliphatic carbocycles. The van der Waals surface area contributed by atoms with Gasteiger partial charge >= 0.3 is 0 Å². The zero-order valence-corrected chi connectivity index (χ0v) is 15.1. The number of nitrogens with zero attached hydrogens (tertiary/aromatic N) is 3. The summed E-state index contributed by atoms with van der Waals surface area (Å²) < 4.78 is 5.38. The summed E-state index contributed by atoms with van der Waals surface area (Å²) in [4.78, 5) is 11.5. The molecule has 2 aromatic rings. The largest absolute Gasteiger partial charge is 0.379 e. The molecule has 1 fully saturated rings.